The van der Waals surface area contributed by atoms with E-state index in [-0.39, 0.29) is 16.8 Å². The molecular formula is C17H32O3. The van der Waals surface area contributed by atoms with Gasteiger partial charge >= 0.3 is 5.97 Å². The average molecular weight is 284 g/mol. The van der Waals surface area contributed by atoms with Crippen molar-refractivity contribution in [3.8, 4) is 0 Å². The summed E-state index contributed by atoms with van der Waals surface area (Å²) in [6.07, 6.45) is 3.90. The summed E-state index contributed by atoms with van der Waals surface area (Å²) in [5, 5.41) is 0. The van der Waals surface area contributed by atoms with E-state index < -0.39 is 11.2 Å². The molecule has 0 aromatic carbocycles. The van der Waals surface area contributed by atoms with Crippen LogP contribution >= 0.6 is 0 Å². The zero-order chi connectivity index (χ0) is 15.8. The van der Waals surface area contributed by atoms with Gasteiger partial charge in [0.2, 0.25) is 5.79 Å². The Morgan fingerprint density at radius 1 is 1.10 bits per heavy atom. The Morgan fingerprint density at radius 3 is 1.90 bits per heavy atom. The minimum atomic E-state index is -0.859. The maximum atomic E-state index is 12.6. The van der Waals surface area contributed by atoms with Gasteiger partial charge in [0.25, 0.3) is 0 Å². The molecule has 0 spiro atoms. The van der Waals surface area contributed by atoms with Gasteiger partial charge in [-0.15, -0.1) is 0 Å². The van der Waals surface area contributed by atoms with Crippen molar-refractivity contribution in [2.75, 3.05) is 7.11 Å². The molecule has 0 atom stereocenters. The van der Waals surface area contributed by atoms with Gasteiger partial charge in [0.05, 0.1) is 5.41 Å². The highest BCUT2D eigenvalue weighted by atomic mass is 16.7. The first-order chi connectivity index (χ1) is 8.96. The zero-order valence-electron chi connectivity index (χ0n) is 14.6. The fraction of sp³-hybridized carbons (Fsp3) is 0.941. The predicted octanol–water partition coefficient (Wildman–Crippen LogP) is 4.54. The van der Waals surface area contributed by atoms with Crippen LogP contribution in [0.5, 0.6) is 0 Å². The van der Waals surface area contributed by atoms with Gasteiger partial charge in [0.1, 0.15) is 0 Å². The third kappa shape index (κ3) is 2.61. The average Bonchev–Trinajstić information content (AvgIpc) is 2.32. The molecule has 3 heteroatoms. The summed E-state index contributed by atoms with van der Waals surface area (Å²) in [5.41, 5.74) is -0.860. The molecule has 0 aliphatic heterocycles. The number of esters is 1. The minimum Gasteiger partial charge on any atom is -0.431 e. The Morgan fingerprint density at radius 2 is 1.55 bits per heavy atom. The molecule has 3 nitrogen and oxygen atoms in total. The van der Waals surface area contributed by atoms with E-state index in [1.807, 2.05) is 20.8 Å². The zero-order valence-corrected chi connectivity index (χ0v) is 14.6. The monoisotopic (exact) mass is 284 g/mol. The predicted molar refractivity (Wildman–Crippen MR) is 81.3 cm³/mol. The molecule has 0 amide bonds. The number of ether oxygens (including phenoxy) is 2. The first kappa shape index (κ1) is 17.5. The quantitative estimate of drug-likeness (QED) is 0.561. The molecule has 1 aliphatic rings. The van der Waals surface area contributed by atoms with Crippen LogP contribution in [-0.4, -0.2) is 18.9 Å². The molecule has 1 fully saturated rings. The highest BCUT2D eigenvalue weighted by molar-refractivity contribution is 5.76. The first-order valence-electron chi connectivity index (χ1n) is 7.74. The summed E-state index contributed by atoms with van der Waals surface area (Å²) < 4.78 is 11.9. The van der Waals surface area contributed by atoms with Crippen LogP contribution in [0.1, 0.15) is 74.1 Å². The summed E-state index contributed by atoms with van der Waals surface area (Å²) in [6.45, 7) is 14.4. The number of carbonyl (C=O) groups is 1. The molecule has 118 valence electrons. The van der Waals surface area contributed by atoms with E-state index in [2.05, 4.69) is 27.7 Å². The maximum Gasteiger partial charge on any atom is 0.314 e. The van der Waals surface area contributed by atoms with E-state index in [0.29, 0.717) is 0 Å². The summed E-state index contributed by atoms with van der Waals surface area (Å²) in [4.78, 5) is 12.6. The van der Waals surface area contributed by atoms with Crippen LogP contribution < -0.4 is 0 Å². The van der Waals surface area contributed by atoms with E-state index in [4.69, 9.17) is 9.47 Å². The molecule has 0 aromatic heterocycles. The van der Waals surface area contributed by atoms with Crippen LogP contribution in [0.15, 0.2) is 0 Å². The van der Waals surface area contributed by atoms with Gasteiger partial charge in [-0.25, -0.2) is 0 Å². The molecule has 0 N–H and O–H groups in total. The molecule has 1 rings (SSSR count). The molecule has 0 aromatic rings. The largest absolute Gasteiger partial charge is 0.431 e. The molecule has 0 bridgehead atoms. The van der Waals surface area contributed by atoms with Crippen LogP contribution in [0.2, 0.25) is 0 Å². The normalized spacial score (nSPS) is 24.2. The van der Waals surface area contributed by atoms with Gasteiger partial charge in [-0.05, 0) is 33.1 Å². The fourth-order valence-electron chi connectivity index (χ4n) is 3.50. The van der Waals surface area contributed by atoms with Crippen molar-refractivity contribution < 1.29 is 14.3 Å². The van der Waals surface area contributed by atoms with Crippen molar-refractivity contribution in [1.29, 1.82) is 0 Å². The highest BCUT2D eigenvalue weighted by Crippen LogP contribution is 2.56. The van der Waals surface area contributed by atoms with Crippen molar-refractivity contribution in [2.45, 2.75) is 79.9 Å². The standard InChI is InChI=1S/C17H32O3/c1-9-14(2,3)13(18)20-17(19-8)15(4,5)11-10-12-16(17,6)7/h9-12H2,1-8H3. The van der Waals surface area contributed by atoms with Crippen LogP contribution in [-0.2, 0) is 14.3 Å². The molecule has 1 saturated carbocycles. The van der Waals surface area contributed by atoms with E-state index in [1.165, 1.54) is 0 Å². The fourth-order valence-corrected chi connectivity index (χ4v) is 3.50. The second kappa shape index (κ2) is 5.32. The number of carbonyl (C=O) groups excluding carboxylic acids is 1. The SMILES string of the molecule is CCC(C)(C)C(=O)OC1(OC)C(C)(C)CCCC1(C)C. The minimum absolute atomic E-state index is 0.162. The summed E-state index contributed by atoms with van der Waals surface area (Å²) in [5.74, 6) is -1.02. The van der Waals surface area contributed by atoms with Gasteiger partial charge < -0.3 is 9.47 Å². The molecular weight excluding hydrogens is 252 g/mol. The Kier molecular flexibility index (Phi) is 4.65. The lowest BCUT2D eigenvalue weighted by molar-refractivity contribution is -0.334. The number of methoxy groups -OCH3 is 1. The van der Waals surface area contributed by atoms with Crippen molar-refractivity contribution >= 4 is 5.97 Å². The Balaban J connectivity index is 3.20. The number of hydrogen-bond acceptors (Lipinski definition) is 3. The lowest BCUT2D eigenvalue weighted by atomic mass is 9.59. The van der Waals surface area contributed by atoms with Crippen molar-refractivity contribution in [3.05, 3.63) is 0 Å². The van der Waals surface area contributed by atoms with Crippen LogP contribution in [0.4, 0.5) is 0 Å². The molecule has 0 saturated heterocycles. The second-order valence-electron chi connectivity index (χ2n) is 8.07. The van der Waals surface area contributed by atoms with E-state index in [1.54, 1.807) is 7.11 Å². The Hall–Kier alpha value is -0.570. The molecule has 0 heterocycles. The van der Waals surface area contributed by atoms with Crippen molar-refractivity contribution in [1.82, 2.24) is 0 Å². The topological polar surface area (TPSA) is 35.5 Å². The molecule has 0 unspecified atom stereocenters. The van der Waals surface area contributed by atoms with Crippen LogP contribution in [0.25, 0.3) is 0 Å². The first-order valence-corrected chi connectivity index (χ1v) is 7.74. The Labute approximate surface area is 124 Å². The maximum absolute atomic E-state index is 12.6. The Bertz CT molecular complexity index is 350. The number of hydrogen-bond donors (Lipinski definition) is 0. The van der Waals surface area contributed by atoms with Crippen LogP contribution in [0.3, 0.4) is 0 Å². The van der Waals surface area contributed by atoms with Crippen molar-refractivity contribution in [3.63, 3.8) is 0 Å². The van der Waals surface area contributed by atoms with Gasteiger partial charge in [-0.3, -0.25) is 4.79 Å². The summed E-state index contributed by atoms with van der Waals surface area (Å²) in [6, 6.07) is 0. The van der Waals surface area contributed by atoms with E-state index in [9.17, 15) is 4.79 Å². The van der Waals surface area contributed by atoms with Gasteiger partial charge in [-0.2, -0.15) is 0 Å². The summed E-state index contributed by atoms with van der Waals surface area (Å²) >= 11 is 0. The van der Waals surface area contributed by atoms with E-state index >= 15 is 0 Å². The van der Waals surface area contributed by atoms with Crippen LogP contribution in [0, 0.1) is 16.2 Å². The lowest BCUT2D eigenvalue weighted by Gasteiger charge is -2.57. The van der Waals surface area contributed by atoms with E-state index in [0.717, 1.165) is 25.7 Å². The van der Waals surface area contributed by atoms with Crippen molar-refractivity contribution in [2.24, 2.45) is 16.2 Å². The smallest absolute Gasteiger partial charge is 0.314 e. The number of rotatable bonds is 4. The van der Waals surface area contributed by atoms with Gasteiger partial charge in [0, 0.05) is 17.9 Å². The summed E-state index contributed by atoms with van der Waals surface area (Å²) in [7, 11) is 1.67. The second-order valence-corrected chi connectivity index (χ2v) is 8.07. The highest BCUT2D eigenvalue weighted by Gasteiger charge is 2.61. The lowest BCUT2D eigenvalue weighted by Crippen LogP contribution is -2.62. The molecule has 1 aliphatic carbocycles. The van der Waals surface area contributed by atoms with Gasteiger partial charge in [0.15, 0.2) is 0 Å². The third-order valence-corrected chi connectivity index (χ3v) is 5.35. The third-order valence-electron chi connectivity index (χ3n) is 5.35. The van der Waals surface area contributed by atoms with Gasteiger partial charge in [-0.1, -0.05) is 41.0 Å². The molecule has 20 heavy (non-hydrogen) atoms. The molecule has 0 radical (unpaired) electrons.